The van der Waals surface area contributed by atoms with Crippen LogP contribution >= 0.6 is 0 Å². The molecule has 25 heavy (non-hydrogen) atoms. The van der Waals surface area contributed by atoms with Crippen molar-refractivity contribution in [3.05, 3.63) is 29.8 Å². The van der Waals surface area contributed by atoms with E-state index in [9.17, 15) is 18.0 Å². The second-order valence-electron chi connectivity index (χ2n) is 5.86. The first-order valence-electron chi connectivity index (χ1n) is 7.99. The zero-order valence-corrected chi connectivity index (χ0v) is 13.5. The third kappa shape index (κ3) is 3.77. The highest BCUT2D eigenvalue weighted by molar-refractivity contribution is 5.94. The highest BCUT2D eigenvalue weighted by atomic mass is 19.4. The fourth-order valence-corrected chi connectivity index (χ4v) is 2.90. The Morgan fingerprint density at radius 3 is 2.92 bits per heavy atom. The molecular formula is C15H18F3N5O2. The number of halogens is 3. The van der Waals surface area contributed by atoms with Crippen LogP contribution in [0.4, 0.5) is 13.2 Å². The summed E-state index contributed by atoms with van der Waals surface area (Å²) in [4.78, 5) is 12.2. The molecule has 10 heteroatoms. The lowest BCUT2D eigenvalue weighted by Gasteiger charge is -2.21. The lowest BCUT2D eigenvalue weighted by Crippen LogP contribution is -2.43. The van der Waals surface area contributed by atoms with Gasteiger partial charge in [-0.2, -0.15) is 23.4 Å². The van der Waals surface area contributed by atoms with Crippen molar-refractivity contribution in [3.63, 3.8) is 0 Å². The summed E-state index contributed by atoms with van der Waals surface area (Å²) in [6.45, 7) is 2.65. The Morgan fingerprint density at radius 2 is 2.24 bits per heavy atom. The van der Waals surface area contributed by atoms with Gasteiger partial charge in [-0.3, -0.25) is 14.6 Å². The predicted molar refractivity (Wildman–Crippen MR) is 81.0 cm³/mol. The van der Waals surface area contributed by atoms with Crippen LogP contribution in [-0.4, -0.2) is 38.0 Å². The fourth-order valence-electron chi connectivity index (χ4n) is 2.90. The van der Waals surface area contributed by atoms with E-state index in [1.807, 2.05) is 6.92 Å². The van der Waals surface area contributed by atoms with Gasteiger partial charge in [0.1, 0.15) is 17.4 Å². The number of hydrogen-bond acceptors (Lipinski definition) is 4. The van der Waals surface area contributed by atoms with Crippen LogP contribution in [0.5, 0.6) is 5.75 Å². The van der Waals surface area contributed by atoms with E-state index in [0.29, 0.717) is 31.3 Å². The summed E-state index contributed by atoms with van der Waals surface area (Å²) in [6.07, 6.45) is 1.13. The number of rotatable bonds is 5. The lowest BCUT2D eigenvalue weighted by atomic mass is 10.1. The van der Waals surface area contributed by atoms with Crippen LogP contribution in [0.1, 0.15) is 42.2 Å². The summed E-state index contributed by atoms with van der Waals surface area (Å²) >= 11 is 0. The molecule has 0 bridgehead atoms. The minimum atomic E-state index is -4.64. The molecular weight excluding hydrogens is 339 g/mol. The summed E-state index contributed by atoms with van der Waals surface area (Å²) in [5, 5.41) is 12.2. The smallest absolute Gasteiger partial charge is 0.420 e. The van der Waals surface area contributed by atoms with E-state index in [1.54, 1.807) is 17.1 Å². The molecule has 0 saturated heterocycles. The first-order valence-corrected chi connectivity index (χ1v) is 7.99. The maximum atomic E-state index is 12.9. The molecule has 1 amide bonds. The minimum absolute atomic E-state index is 0.310. The van der Waals surface area contributed by atoms with Crippen molar-refractivity contribution in [2.45, 2.75) is 51.1 Å². The number of ether oxygens (including phenoxy) is 1. The van der Waals surface area contributed by atoms with Gasteiger partial charge in [-0.1, -0.05) is 0 Å². The van der Waals surface area contributed by atoms with Gasteiger partial charge in [0.2, 0.25) is 0 Å². The summed E-state index contributed by atoms with van der Waals surface area (Å²) in [7, 11) is 0. The standard InChI is InChI=1S/C15H18F3N5O2/c1-2-23-8-9(6-20-23)25-12-5-3-4-11(12)21-14(24)13-10(7-19-22-13)15(16,17)18/h6-8,11-12H,2-5H2,1H3,(H,19,22)(H,21,24)/t11-,12+/m0/s1. The van der Waals surface area contributed by atoms with E-state index in [1.165, 1.54) is 0 Å². The third-order valence-electron chi connectivity index (χ3n) is 4.16. The molecule has 136 valence electrons. The number of aromatic amines is 1. The number of alkyl halides is 3. The van der Waals surface area contributed by atoms with Crippen molar-refractivity contribution >= 4 is 5.91 Å². The molecule has 1 fully saturated rings. The first kappa shape index (κ1) is 17.3. The molecule has 0 unspecified atom stereocenters. The zero-order valence-electron chi connectivity index (χ0n) is 13.5. The average Bonchev–Trinajstić information content (AvgIpc) is 3.27. The molecule has 0 spiro atoms. The van der Waals surface area contributed by atoms with E-state index >= 15 is 0 Å². The largest absolute Gasteiger partial charge is 0.485 e. The summed E-state index contributed by atoms with van der Waals surface area (Å²) in [5.74, 6) is -0.264. The Kier molecular flexibility index (Phi) is 4.69. The first-order chi connectivity index (χ1) is 11.9. The van der Waals surface area contributed by atoms with E-state index in [-0.39, 0.29) is 12.1 Å². The number of carbonyl (C=O) groups excluding carboxylic acids is 1. The number of carbonyl (C=O) groups is 1. The highest BCUT2D eigenvalue weighted by Gasteiger charge is 2.38. The van der Waals surface area contributed by atoms with E-state index < -0.39 is 23.3 Å². The number of aromatic nitrogens is 4. The predicted octanol–water partition coefficient (Wildman–Crippen LogP) is 2.37. The Bertz CT molecular complexity index is 740. The Hall–Kier alpha value is -2.52. The maximum Gasteiger partial charge on any atom is 0.420 e. The van der Waals surface area contributed by atoms with Crippen molar-refractivity contribution in [3.8, 4) is 5.75 Å². The second-order valence-corrected chi connectivity index (χ2v) is 5.86. The van der Waals surface area contributed by atoms with Crippen LogP contribution in [-0.2, 0) is 12.7 Å². The van der Waals surface area contributed by atoms with Gasteiger partial charge in [-0.15, -0.1) is 0 Å². The molecule has 3 rings (SSSR count). The molecule has 0 aromatic carbocycles. The van der Waals surface area contributed by atoms with Crippen molar-refractivity contribution in [2.75, 3.05) is 0 Å². The van der Waals surface area contributed by atoms with Crippen LogP contribution < -0.4 is 10.1 Å². The monoisotopic (exact) mass is 357 g/mol. The molecule has 1 aliphatic rings. The molecule has 0 radical (unpaired) electrons. The van der Waals surface area contributed by atoms with Crippen LogP contribution in [0, 0.1) is 0 Å². The van der Waals surface area contributed by atoms with Crippen molar-refractivity contribution in [1.82, 2.24) is 25.3 Å². The third-order valence-corrected chi connectivity index (χ3v) is 4.16. The zero-order chi connectivity index (χ0) is 18.0. The van der Waals surface area contributed by atoms with E-state index in [2.05, 4.69) is 20.6 Å². The number of amides is 1. The van der Waals surface area contributed by atoms with Gasteiger partial charge in [0.25, 0.3) is 5.91 Å². The number of H-pyrrole nitrogens is 1. The van der Waals surface area contributed by atoms with Crippen molar-refractivity contribution in [2.24, 2.45) is 0 Å². The normalized spacial score (nSPS) is 20.6. The molecule has 2 atom stereocenters. The number of nitrogens with zero attached hydrogens (tertiary/aromatic N) is 3. The Morgan fingerprint density at radius 1 is 1.44 bits per heavy atom. The molecule has 1 aliphatic carbocycles. The maximum absolute atomic E-state index is 12.9. The summed E-state index contributed by atoms with van der Waals surface area (Å²) in [6, 6.07) is -0.373. The van der Waals surface area contributed by atoms with Gasteiger partial charge < -0.3 is 10.1 Å². The van der Waals surface area contributed by atoms with Crippen LogP contribution in [0.15, 0.2) is 18.6 Å². The van der Waals surface area contributed by atoms with Crippen molar-refractivity contribution < 1.29 is 22.7 Å². The molecule has 1 saturated carbocycles. The van der Waals surface area contributed by atoms with Crippen LogP contribution in [0.25, 0.3) is 0 Å². The SMILES string of the molecule is CCn1cc(O[C@@H]2CCC[C@@H]2NC(=O)c2[nH]ncc2C(F)(F)F)cn1. The van der Waals surface area contributed by atoms with Crippen molar-refractivity contribution in [1.29, 1.82) is 0 Å². The van der Waals surface area contributed by atoms with Gasteiger partial charge in [0, 0.05) is 6.54 Å². The number of aryl methyl sites for hydroxylation is 1. The fraction of sp³-hybridized carbons (Fsp3) is 0.533. The van der Waals surface area contributed by atoms with Gasteiger partial charge >= 0.3 is 6.18 Å². The lowest BCUT2D eigenvalue weighted by molar-refractivity contribution is -0.137. The minimum Gasteiger partial charge on any atom is -0.485 e. The molecule has 2 aromatic rings. The van der Waals surface area contributed by atoms with Gasteiger partial charge in [0.05, 0.1) is 24.6 Å². The highest BCUT2D eigenvalue weighted by Crippen LogP contribution is 2.31. The molecule has 2 heterocycles. The van der Waals surface area contributed by atoms with Crippen LogP contribution in [0.3, 0.4) is 0 Å². The molecule has 2 N–H and O–H groups in total. The van der Waals surface area contributed by atoms with Gasteiger partial charge in [-0.05, 0) is 26.2 Å². The average molecular weight is 357 g/mol. The van der Waals surface area contributed by atoms with Gasteiger partial charge in [-0.25, -0.2) is 0 Å². The second kappa shape index (κ2) is 6.77. The number of nitrogens with one attached hydrogen (secondary N) is 2. The molecule has 7 nitrogen and oxygen atoms in total. The number of hydrogen-bond donors (Lipinski definition) is 2. The Balaban J connectivity index is 1.67. The molecule has 2 aromatic heterocycles. The van der Waals surface area contributed by atoms with E-state index in [0.717, 1.165) is 6.42 Å². The summed E-state index contributed by atoms with van der Waals surface area (Å²) in [5.41, 5.74) is -1.67. The molecule has 0 aliphatic heterocycles. The van der Waals surface area contributed by atoms with Crippen LogP contribution in [0.2, 0.25) is 0 Å². The Labute approximate surface area is 141 Å². The topological polar surface area (TPSA) is 84.8 Å². The van der Waals surface area contributed by atoms with Gasteiger partial charge in [0.15, 0.2) is 5.75 Å². The quantitative estimate of drug-likeness (QED) is 0.860. The summed E-state index contributed by atoms with van der Waals surface area (Å²) < 4.78 is 46.2. The van der Waals surface area contributed by atoms with E-state index in [4.69, 9.17) is 4.74 Å².